The van der Waals surface area contributed by atoms with Crippen molar-refractivity contribution in [2.75, 3.05) is 12.4 Å². The van der Waals surface area contributed by atoms with Crippen molar-refractivity contribution in [2.24, 2.45) is 0 Å². The highest BCUT2D eigenvalue weighted by Crippen LogP contribution is 2.28. The van der Waals surface area contributed by atoms with Gasteiger partial charge in [-0.25, -0.2) is 0 Å². The van der Waals surface area contributed by atoms with E-state index in [4.69, 9.17) is 32.7 Å². The molecule has 0 saturated heterocycles. The Balaban J connectivity index is 2.13. The summed E-state index contributed by atoms with van der Waals surface area (Å²) in [5.41, 5.74) is 0.498. The fourth-order valence-corrected chi connectivity index (χ4v) is 2.37. The second-order valence-corrected chi connectivity index (χ2v) is 5.68. The van der Waals surface area contributed by atoms with E-state index in [-0.39, 0.29) is 5.91 Å². The number of nitrogens with one attached hydrogen (secondary N) is 1. The molecule has 0 aliphatic rings. The number of methoxy groups -OCH3 is 1. The Bertz CT molecular complexity index is 691. The van der Waals surface area contributed by atoms with Crippen molar-refractivity contribution < 1.29 is 14.3 Å². The first kappa shape index (κ1) is 17.4. The quantitative estimate of drug-likeness (QED) is 0.811. The van der Waals surface area contributed by atoms with Crippen LogP contribution in [0.25, 0.3) is 0 Å². The first-order valence-electron chi connectivity index (χ1n) is 7.10. The summed E-state index contributed by atoms with van der Waals surface area (Å²) in [5.74, 6) is 0.783. The summed E-state index contributed by atoms with van der Waals surface area (Å²) >= 11 is 11.9. The van der Waals surface area contributed by atoms with Crippen LogP contribution in [0.2, 0.25) is 10.0 Å². The number of halogens is 2. The lowest BCUT2D eigenvalue weighted by molar-refractivity contribution is -0.122. The number of carbonyl (C=O) groups excluding carboxylic acids is 1. The molecule has 1 N–H and O–H groups in total. The van der Waals surface area contributed by atoms with E-state index in [2.05, 4.69) is 5.32 Å². The minimum Gasteiger partial charge on any atom is -0.495 e. The molecular formula is C17H17Cl2NO3. The highest BCUT2D eigenvalue weighted by molar-refractivity contribution is 6.31. The molecule has 2 aromatic rings. The fourth-order valence-electron chi connectivity index (χ4n) is 2.02. The molecule has 0 radical (unpaired) electrons. The van der Waals surface area contributed by atoms with Gasteiger partial charge in [0.15, 0.2) is 6.10 Å². The van der Waals surface area contributed by atoms with Crippen molar-refractivity contribution in [1.82, 2.24) is 0 Å². The first-order chi connectivity index (χ1) is 11.0. The molecule has 0 saturated carbocycles. The molecule has 0 spiro atoms. The van der Waals surface area contributed by atoms with Crippen LogP contribution in [0.5, 0.6) is 11.5 Å². The van der Waals surface area contributed by atoms with Gasteiger partial charge < -0.3 is 14.8 Å². The van der Waals surface area contributed by atoms with Crippen molar-refractivity contribution in [3.05, 3.63) is 52.5 Å². The third kappa shape index (κ3) is 4.78. The van der Waals surface area contributed by atoms with E-state index in [1.807, 2.05) is 6.92 Å². The van der Waals surface area contributed by atoms with Gasteiger partial charge >= 0.3 is 0 Å². The second-order valence-electron chi connectivity index (χ2n) is 4.81. The first-order valence-corrected chi connectivity index (χ1v) is 7.85. The van der Waals surface area contributed by atoms with Gasteiger partial charge in [0.25, 0.3) is 5.91 Å². The highest BCUT2D eigenvalue weighted by atomic mass is 35.5. The number of carbonyl (C=O) groups is 1. The molecule has 2 aromatic carbocycles. The minimum absolute atomic E-state index is 0.284. The van der Waals surface area contributed by atoms with Gasteiger partial charge in [0.05, 0.1) is 12.8 Å². The van der Waals surface area contributed by atoms with Crippen LogP contribution in [0, 0.1) is 0 Å². The zero-order valence-electron chi connectivity index (χ0n) is 12.8. The van der Waals surface area contributed by atoms with E-state index in [1.165, 1.54) is 7.11 Å². The zero-order chi connectivity index (χ0) is 16.8. The Morgan fingerprint density at radius 1 is 1.17 bits per heavy atom. The molecule has 0 fully saturated rings. The summed E-state index contributed by atoms with van der Waals surface area (Å²) in [7, 11) is 1.53. The van der Waals surface area contributed by atoms with E-state index in [0.29, 0.717) is 33.7 Å². The van der Waals surface area contributed by atoms with Crippen LogP contribution >= 0.6 is 23.2 Å². The summed E-state index contributed by atoms with van der Waals surface area (Å²) in [6.07, 6.45) is -0.154. The molecule has 122 valence electrons. The van der Waals surface area contributed by atoms with Crippen molar-refractivity contribution in [2.45, 2.75) is 19.4 Å². The number of benzene rings is 2. The molecule has 0 aromatic heterocycles. The SMILES string of the molecule is CC[C@H](Oc1cccc(Cl)c1)C(=O)Nc1cc(Cl)ccc1OC. The van der Waals surface area contributed by atoms with Crippen LogP contribution in [-0.2, 0) is 4.79 Å². The molecule has 4 nitrogen and oxygen atoms in total. The van der Waals surface area contributed by atoms with Gasteiger partial charge in [0, 0.05) is 10.0 Å². The molecule has 2 rings (SSSR count). The molecule has 0 aliphatic heterocycles. The van der Waals surface area contributed by atoms with Crippen molar-refractivity contribution in [3.8, 4) is 11.5 Å². The maximum Gasteiger partial charge on any atom is 0.265 e. The zero-order valence-corrected chi connectivity index (χ0v) is 14.3. The van der Waals surface area contributed by atoms with E-state index in [9.17, 15) is 4.79 Å². The van der Waals surface area contributed by atoms with Crippen molar-refractivity contribution >= 4 is 34.8 Å². The number of amides is 1. The lowest BCUT2D eigenvalue weighted by Gasteiger charge is -2.18. The second kappa shape index (κ2) is 8.09. The van der Waals surface area contributed by atoms with Crippen LogP contribution in [0.4, 0.5) is 5.69 Å². The van der Waals surface area contributed by atoms with Gasteiger partial charge in [0.1, 0.15) is 11.5 Å². The molecule has 23 heavy (non-hydrogen) atoms. The number of hydrogen-bond donors (Lipinski definition) is 1. The topological polar surface area (TPSA) is 47.6 Å². The lowest BCUT2D eigenvalue weighted by atomic mass is 10.2. The Labute approximate surface area is 145 Å². The van der Waals surface area contributed by atoms with Gasteiger partial charge in [-0.3, -0.25) is 4.79 Å². The van der Waals surface area contributed by atoms with Gasteiger partial charge in [-0.2, -0.15) is 0 Å². The molecule has 6 heteroatoms. The summed E-state index contributed by atoms with van der Waals surface area (Å²) in [4.78, 5) is 12.4. The number of ether oxygens (including phenoxy) is 2. The summed E-state index contributed by atoms with van der Waals surface area (Å²) in [6, 6.07) is 11.9. The molecule has 1 amide bonds. The number of anilines is 1. The van der Waals surface area contributed by atoms with Crippen molar-refractivity contribution in [1.29, 1.82) is 0 Å². The van der Waals surface area contributed by atoms with Gasteiger partial charge in [0.2, 0.25) is 0 Å². The van der Waals surface area contributed by atoms with E-state index >= 15 is 0 Å². The molecule has 0 bridgehead atoms. The average Bonchev–Trinajstić information content (AvgIpc) is 2.53. The van der Waals surface area contributed by atoms with Crippen LogP contribution < -0.4 is 14.8 Å². The third-order valence-electron chi connectivity index (χ3n) is 3.16. The van der Waals surface area contributed by atoms with Crippen LogP contribution in [0.1, 0.15) is 13.3 Å². The van der Waals surface area contributed by atoms with Gasteiger partial charge in [-0.1, -0.05) is 36.2 Å². The van der Waals surface area contributed by atoms with Crippen LogP contribution in [0.3, 0.4) is 0 Å². The minimum atomic E-state index is -0.655. The fraction of sp³-hybridized carbons (Fsp3) is 0.235. The van der Waals surface area contributed by atoms with E-state index < -0.39 is 6.10 Å². The average molecular weight is 354 g/mol. The standard InChI is InChI=1S/C17H17Cl2NO3/c1-3-15(23-13-6-4-5-11(18)9-13)17(21)20-14-10-12(19)7-8-16(14)22-2/h4-10,15H,3H2,1-2H3,(H,20,21)/t15-/m0/s1. The normalized spacial score (nSPS) is 11.7. The maximum absolute atomic E-state index is 12.4. The Hall–Kier alpha value is -1.91. The third-order valence-corrected chi connectivity index (χ3v) is 3.63. The Kier molecular flexibility index (Phi) is 6.13. The monoisotopic (exact) mass is 353 g/mol. The smallest absolute Gasteiger partial charge is 0.265 e. The predicted molar refractivity (Wildman–Crippen MR) is 92.8 cm³/mol. The van der Waals surface area contributed by atoms with Crippen LogP contribution in [0.15, 0.2) is 42.5 Å². The summed E-state index contributed by atoms with van der Waals surface area (Å²) in [6.45, 7) is 1.87. The summed E-state index contributed by atoms with van der Waals surface area (Å²) < 4.78 is 10.9. The highest BCUT2D eigenvalue weighted by Gasteiger charge is 2.20. The van der Waals surface area contributed by atoms with Gasteiger partial charge in [-0.15, -0.1) is 0 Å². The Morgan fingerprint density at radius 3 is 2.57 bits per heavy atom. The maximum atomic E-state index is 12.4. The number of hydrogen-bond acceptors (Lipinski definition) is 3. The van der Waals surface area contributed by atoms with E-state index in [0.717, 1.165) is 0 Å². The molecule has 0 aliphatic carbocycles. The molecular weight excluding hydrogens is 337 g/mol. The van der Waals surface area contributed by atoms with Crippen molar-refractivity contribution in [3.63, 3.8) is 0 Å². The Morgan fingerprint density at radius 2 is 1.91 bits per heavy atom. The van der Waals surface area contributed by atoms with Crippen LogP contribution in [-0.4, -0.2) is 19.1 Å². The molecule has 1 atom stereocenters. The van der Waals surface area contributed by atoms with E-state index in [1.54, 1.807) is 42.5 Å². The number of rotatable bonds is 6. The lowest BCUT2D eigenvalue weighted by Crippen LogP contribution is -2.32. The largest absolute Gasteiger partial charge is 0.495 e. The molecule has 0 unspecified atom stereocenters. The molecule has 0 heterocycles. The predicted octanol–water partition coefficient (Wildman–Crippen LogP) is 4.80. The summed E-state index contributed by atoms with van der Waals surface area (Å²) in [5, 5.41) is 3.84. The van der Waals surface area contributed by atoms with Gasteiger partial charge in [-0.05, 0) is 42.8 Å².